The fourth-order valence-corrected chi connectivity index (χ4v) is 3.57. The predicted molar refractivity (Wildman–Crippen MR) is 70.0 cm³/mol. The highest BCUT2D eigenvalue weighted by Crippen LogP contribution is 2.26. The van der Waals surface area contributed by atoms with Crippen LogP contribution < -0.4 is 10.5 Å². The summed E-state index contributed by atoms with van der Waals surface area (Å²) in [4.78, 5) is -0.539. The molecule has 106 valence electrons. The molecule has 19 heavy (non-hydrogen) atoms. The molecule has 0 saturated carbocycles. The summed E-state index contributed by atoms with van der Waals surface area (Å²) in [5, 5.41) is -0.319. The highest BCUT2D eigenvalue weighted by atomic mass is 35.5. The Balaban J connectivity index is 2.28. The highest BCUT2D eigenvalue weighted by Gasteiger charge is 2.26. The van der Waals surface area contributed by atoms with Gasteiger partial charge in [0.1, 0.15) is 4.90 Å². The molecular formula is C11H14ClFN2O3S. The summed E-state index contributed by atoms with van der Waals surface area (Å²) >= 11 is 5.60. The molecule has 1 atom stereocenters. The van der Waals surface area contributed by atoms with Crippen molar-refractivity contribution in [3.8, 4) is 0 Å². The molecule has 5 nitrogen and oxygen atoms in total. The first kappa shape index (κ1) is 14.5. The molecule has 1 fully saturated rings. The minimum absolute atomic E-state index is 0.0895. The summed E-state index contributed by atoms with van der Waals surface area (Å²) in [6.45, 7) is 0.883. The van der Waals surface area contributed by atoms with Crippen molar-refractivity contribution in [2.24, 2.45) is 0 Å². The molecule has 1 aliphatic heterocycles. The van der Waals surface area contributed by atoms with Crippen molar-refractivity contribution in [2.75, 3.05) is 18.9 Å². The molecule has 3 N–H and O–H groups in total. The van der Waals surface area contributed by atoms with E-state index in [2.05, 4.69) is 4.72 Å². The van der Waals surface area contributed by atoms with Crippen LogP contribution in [0.4, 0.5) is 10.1 Å². The molecule has 1 aliphatic rings. The molecule has 0 aromatic heterocycles. The molecular weight excluding hydrogens is 295 g/mol. The van der Waals surface area contributed by atoms with Gasteiger partial charge in [0.15, 0.2) is 5.82 Å². The van der Waals surface area contributed by atoms with Gasteiger partial charge in [0.05, 0.1) is 11.6 Å². The Bertz CT molecular complexity index is 574. The highest BCUT2D eigenvalue weighted by molar-refractivity contribution is 7.89. The Kier molecular flexibility index (Phi) is 4.29. The van der Waals surface area contributed by atoms with E-state index in [1.165, 1.54) is 6.07 Å². The lowest BCUT2D eigenvalue weighted by Gasteiger charge is -2.23. The second kappa shape index (κ2) is 5.62. The van der Waals surface area contributed by atoms with Crippen LogP contribution in [0.15, 0.2) is 17.0 Å². The van der Waals surface area contributed by atoms with Crippen molar-refractivity contribution in [2.45, 2.75) is 23.8 Å². The maximum absolute atomic E-state index is 13.8. The normalized spacial score (nSPS) is 20.4. The van der Waals surface area contributed by atoms with Crippen LogP contribution in [-0.2, 0) is 14.8 Å². The number of ether oxygens (including phenoxy) is 1. The molecule has 0 amide bonds. The van der Waals surface area contributed by atoms with Gasteiger partial charge in [-0.05, 0) is 25.0 Å². The van der Waals surface area contributed by atoms with Crippen molar-refractivity contribution >= 4 is 27.3 Å². The average Bonchev–Trinajstić information content (AvgIpc) is 2.34. The topological polar surface area (TPSA) is 81.4 Å². The van der Waals surface area contributed by atoms with E-state index < -0.39 is 20.7 Å². The first-order chi connectivity index (χ1) is 8.90. The lowest BCUT2D eigenvalue weighted by atomic mass is 10.1. The lowest BCUT2D eigenvalue weighted by molar-refractivity contribution is 0.0774. The van der Waals surface area contributed by atoms with Crippen molar-refractivity contribution < 1.29 is 17.5 Å². The summed E-state index contributed by atoms with van der Waals surface area (Å²) in [5.74, 6) is -1.000. The summed E-state index contributed by atoms with van der Waals surface area (Å²) in [7, 11) is -4.01. The molecule has 1 aromatic carbocycles. The van der Waals surface area contributed by atoms with Crippen molar-refractivity contribution in [1.82, 2.24) is 4.72 Å². The third-order valence-corrected chi connectivity index (χ3v) is 4.58. The maximum Gasteiger partial charge on any atom is 0.243 e. The number of nitrogen functional groups attached to an aromatic ring is 1. The average molecular weight is 309 g/mol. The molecule has 1 saturated heterocycles. The maximum atomic E-state index is 13.8. The van der Waals surface area contributed by atoms with Crippen LogP contribution in [0.1, 0.15) is 12.8 Å². The van der Waals surface area contributed by atoms with Gasteiger partial charge in [-0.1, -0.05) is 11.6 Å². The van der Waals surface area contributed by atoms with E-state index in [1.807, 2.05) is 0 Å². The second-order valence-corrected chi connectivity index (χ2v) is 6.44. The van der Waals surface area contributed by atoms with E-state index >= 15 is 0 Å². The Morgan fingerprint density at radius 2 is 2.21 bits per heavy atom. The van der Waals surface area contributed by atoms with Crippen LogP contribution in [0.2, 0.25) is 5.02 Å². The number of nitrogens with two attached hydrogens (primary N) is 1. The van der Waals surface area contributed by atoms with Gasteiger partial charge in [0.25, 0.3) is 0 Å². The number of rotatable bonds is 3. The Labute approximate surface area is 115 Å². The molecule has 0 aliphatic carbocycles. The van der Waals surface area contributed by atoms with Gasteiger partial charge < -0.3 is 10.5 Å². The number of hydrogen-bond acceptors (Lipinski definition) is 4. The van der Waals surface area contributed by atoms with E-state index in [0.29, 0.717) is 13.0 Å². The molecule has 0 radical (unpaired) electrons. The van der Waals surface area contributed by atoms with Crippen LogP contribution in [0.25, 0.3) is 0 Å². The van der Waals surface area contributed by atoms with Gasteiger partial charge in [0, 0.05) is 18.3 Å². The SMILES string of the molecule is Nc1cc(Cl)c(F)c(S(=O)(=O)NC2CCCOC2)c1. The number of anilines is 1. The first-order valence-electron chi connectivity index (χ1n) is 5.75. The quantitative estimate of drug-likeness (QED) is 0.830. The van der Waals surface area contributed by atoms with Crippen LogP contribution in [0, 0.1) is 5.82 Å². The van der Waals surface area contributed by atoms with E-state index in [-0.39, 0.29) is 23.4 Å². The van der Waals surface area contributed by atoms with Crippen LogP contribution in [0.5, 0.6) is 0 Å². The van der Waals surface area contributed by atoms with Gasteiger partial charge in [-0.2, -0.15) is 0 Å². The van der Waals surface area contributed by atoms with E-state index in [1.54, 1.807) is 0 Å². The zero-order valence-corrected chi connectivity index (χ0v) is 11.6. The predicted octanol–water partition coefficient (Wildman–Crippen LogP) is 1.52. The van der Waals surface area contributed by atoms with Crippen LogP contribution in [0.3, 0.4) is 0 Å². The number of hydrogen-bond donors (Lipinski definition) is 2. The van der Waals surface area contributed by atoms with Crippen molar-refractivity contribution in [1.29, 1.82) is 0 Å². The molecule has 1 unspecified atom stereocenters. The summed E-state index contributed by atoms with van der Waals surface area (Å²) in [5.41, 5.74) is 5.58. The zero-order chi connectivity index (χ0) is 14.0. The minimum atomic E-state index is -4.01. The first-order valence-corrected chi connectivity index (χ1v) is 7.61. The minimum Gasteiger partial charge on any atom is -0.399 e. The number of benzene rings is 1. The molecule has 8 heteroatoms. The standard InChI is InChI=1S/C11H14ClFN2O3S/c12-9-4-7(14)5-10(11(9)13)19(16,17)15-8-2-1-3-18-6-8/h4-5,8,15H,1-3,6,14H2. The van der Waals surface area contributed by atoms with Crippen molar-refractivity contribution in [3.63, 3.8) is 0 Å². The van der Waals surface area contributed by atoms with E-state index in [9.17, 15) is 12.8 Å². The van der Waals surface area contributed by atoms with Gasteiger partial charge in [0.2, 0.25) is 10.0 Å². The van der Waals surface area contributed by atoms with Gasteiger partial charge in [-0.15, -0.1) is 0 Å². The molecule has 2 rings (SSSR count). The second-order valence-electron chi connectivity index (χ2n) is 4.35. The lowest BCUT2D eigenvalue weighted by Crippen LogP contribution is -2.40. The Morgan fingerprint density at radius 1 is 1.47 bits per heavy atom. The fourth-order valence-electron chi connectivity index (χ4n) is 1.90. The fraction of sp³-hybridized carbons (Fsp3) is 0.455. The number of halogens is 2. The summed E-state index contributed by atoms with van der Waals surface area (Å²) in [6.07, 6.45) is 1.41. The van der Waals surface area contributed by atoms with Crippen LogP contribution in [-0.4, -0.2) is 27.7 Å². The summed E-state index contributed by atoms with van der Waals surface area (Å²) in [6, 6.07) is 1.85. The van der Waals surface area contributed by atoms with E-state index in [0.717, 1.165) is 12.5 Å². The monoisotopic (exact) mass is 308 g/mol. The van der Waals surface area contributed by atoms with Crippen molar-refractivity contribution in [3.05, 3.63) is 23.0 Å². The zero-order valence-electron chi connectivity index (χ0n) is 10.0. The van der Waals surface area contributed by atoms with Gasteiger partial charge in [-0.25, -0.2) is 17.5 Å². The molecule has 0 spiro atoms. The molecule has 0 bridgehead atoms. The summed E-state index contributed by atoms with van der Waals surface area (Å²) < 4.78 is 45.6. The Hall–Kier alpha value is -0.890. The Morgan fingerprint density at radius 3 is 2.84 bits per heavy atom. The smallest absolute Gasteiger partial charge is 0.243 e. The van der Waals surface area contributed by atoms with E-state index in [4.69, 9.17) is 22.1 Å². The largest absolute Gasteiger partial charge is 0.399 e. The van der Waals surface area contributed by atoms with Gasteiger partial charge in [-0.3, -0.25) is 0 Å². The number of sulfonamides is 1. The molecule has 1 aromatic rings. The molecule has 1 heterocycles. The third kappa shape index (κ3) is 3.36. The van der Waals surface area contributed by atoms with Crippen LogP contribution >= 0.6 is 11.6 Å². The van der Waals surface area contributed by atoms with Gasteiger partial charge >= 0.3 is 0 Å². The third-order valence-electron chi connectivity index (χ3n) is 2.79. The number of nitrogens with one attached hydrogen (secondary N) is 1.